The Kier molecular flexibility index (Phi) is 23.0. The van der Waals surface area contributed by atoms with Crippen LogP contribution in [-0.2, 0) is 23.7 Å². The number of H-pyrrole nitrogens is 3. The van der Waals surface area contributed by atoms with Gasteiger partial charge in [0, 0.05) is 31.4 Å². The summed E-state index contributed by atoms with van der Waals surface area (Å²) in [6.45, 7) is -1.99. The molecule has 24 N–H and O–H groups in total. The first-order valence-corrected chi connectivity index (χ1v) is 28.8. The summed E-state index contributed by atoms with van der Waals surface area (Å²) in [5.74, 6) is 0.309. The zero-order valence-electron chi connectivity index (χ0n) is 46.9. The van der Waals surface area contributed by atoms with Crippen molar-refractivity contribution in [3.05, 3.63) is 108 Å². The second-order valence-electron chi connectivity index (χ2n) is 20.4. The van der Waals surface area contributed by atoms with E-state index in [2.05, 4.69) is 66.7 Å². The van der Waals surface area contributed by atoms with Gasteiger partial charge in [-0.05, 0) is 31.9 Å². The van der Waals surface area contributed by atoms with Crippen LogP contribution >= 0.6 is 43.5 Å². The molecule has 92 heavy (non-hydrogen) atoms. The zero-order valence-corrected chi connectivity index (χ0v) is 50.8. The van der Waals surface area contributed by atoms with Gasteiger partial charge >= 0.3 is 17.1 Å². The van der Waals surface area contributed by atoms with E-state index >= 15 is 0 Å². The Bertz CT molecular complexity index is 4000. The van der Waals surface area contributed by atoms with Gasteiger partial charge in [0.25, 0.3) is 16.7 Å². The number of aliphatic hydroxyl groups excluding tert-OH is 13. The van der Waals surface area contributed by atoms with Crippen molar-refractivity contribution in [3.8, 4) is 0 Å². The Morgan fingerprint density at radius 1 is 0.457 bits per heavy atom. The lowest BCUT2D eigenvalue weighted by molar-refractivity contribution is -0.0551. The molecule has 0 spiro atoms. The maximum Gasteiger partial charge on any atom is 0.330 e. The van der Waals surface area contributed by atoms with Crippen LogP contribution in [-0.4, -0.2) is 246 Å². The summed E-state index contributed by atoms with van der Waals surface area (Å²) in [5.41, 5.74) is 19.8. The van der Waals surface area contributed by atoms with Gasteiger partial charge in [0.05, 0.1) is 66.8 Å². The molecule has 0 radical (unpaired) electrons. The summed E-state index contributed by atoms with van der Waals surface area (Å²) < 4.78 is 32.8. The van der Waals surface area contributed by atoms with E-state index in [1.54, 1.807) is 4.57 Å². The number of rotatable bonds is 10. The number of nitrogen functional groups attached to an aromatic ring is 4. The molecule has 5 aliphatic heterocycles. The molecule has 7 aromatic rings. The zero-order chi connectivity index (χ0) is 67.5. The summed E-state index contributed by atoms with van der Waals surface area (Å²) in [4.78, 5) is 98.0. The van der Waals surface area contributed by atoms with Crippen LogP contribution in [0.2, 0.25) is 5.02 Å². The fraction of sp³-hybridized carbons (Fsp3) is 0.532. The topological polar surface area (TPSA) is 665 Å². The molecule has 0 bridgehead atoms. The minimum Gasteiger partial charge on any atom is -0.394 e. The normalized spacial score (nSPS) is 29.9. The Hall–Kier alpha value is -7.13. The molecule has 5 fully saturated rings. The molecule has 0 amide bonds. The van der Waals surface area contributed by atoms with Gasteiger partial charge in [-0.1, -0.05) is 11.6 Å². The number of hydrogen-bond donors (Lipinski definition) is 20. The molecule has 12 heterocycles. The van der Waals surface area contributed by atoms with E-state index in [9.17, 15) is 69.6 Å². The van der Waals surface area contributed by atoms with Crippen LogP contribution in [0.15, 0.2) is 69.0 Å². The summed E-state index contributed by atoms with van der Waals surface area (Å²) in [5, 5.41) is 122. The van der Waals surface area contributed by atoms with Crippen LogP contribution < -0.4 is 56.7 Å². The highest BCUT2D eigenvalue weighted by Gasteiger charge is 2.46. The molecule has 504 valence electrons. The lowest BCUT2D eigenvalue weighted by atomic mass is 10.1. The van der Waals surface area contributed by atoms with Crippen molar-refractivity contribution < 1.29 is 90.1 Å². The van der Waals surface area contributed by atoms with Crippen LogP contribution in [0.1, 0.15) is 44.0 Å². The fourth-order valence-electron chi connectivity index (χ4n) is 9.71. The Morgan fingerprint density at radius 2 is 0.793 bits per heavy atom. The van der Waals surface area contributed by atoms with Gasteiger partial charge in [0.15, 0.2) is 41.6 Å². The van der Waals surface area contributed by atoms with E-state index < -0.39 is 164 Å². The minimum absolute atomic E-state index is 0.0384. The average Bonchev–Trinajstić information content (AvgIpc) is 1.65. The number of nitrogens with one attached hydrogen (secondary N) is 3. The summed E-state index contributed by atoms with van der Waals surface area (Å²) in [7, 11) is 0. The van der Waals surface area contributed by atoms with Crippen molar-refractivity contribution in [2.75, 3.05) is 56.0 Å². The molecule has 0 saturated carbocycles. The van der Waals surface area contributed by atoms with Crippen molar-refractivity contribution in [2.24, 2.45) is 0 Å². The van der Waals surface area contributed by atoms with Gasteiger partial charge in [-0.3, -0.25) is 52.2 Å². The van der Waals surface area contributed by atoms with E-state index in [1.807, 2.05) is 9.97 Å². The lowest BCUT2D eigenvalue weighted by Crippen LogP contribution is -2.38. The van der Waals surface area contributed by atoms with Gasteiger partial charge in [0.1, 0.15) is 95.7 Å². The number of aliphatic hydroxyl groups is 13. The molecule has 5 saturated heterocycles. The number of imidazole rings is 2. The van der Waals surface area contributed by atoms with E-state index in [0.717, 1.165) is 21.5 Å². The van der Waals surface area contributed by atoms with Gasteiger partial charge < -0.3 is 113 Å². The molecular formula is C47H61Br2ClN18O24. The van der Waals surface area contributed by atoms with Crippen molar-refractivity contribution in [2.45, 2.75) is 123 Å². The van der Waals surface area contributed by atoms with E-state index in [4.69, 9.17) is 83.8 Å². The molecule has 0 aromatic carbocycles. The Morgan fingerprint density at radius 3 is 1.18 bits per heavy atom. The number of halogens is 3. The number of aromatic nitrogens is 14. The van der Waals surface area contributed by atoms with E-state index in [-0.39, 0.29) is 62.8 Å². The quantitative estimate of drug-likeness (QED) is 0.0605. The van der Waals surface area contributed by atoms with E-state index in [0.29, 0.717) is 23.1 Å². The summed E-state index contributed by atoms with van der Waals surface area (Å²) >= 11 is 11.5. The maximum atomic E-state index is 11.6. The second-order valence-corrected chi connectivity index (χ2v) is 22.5. The highest BCUT2D eigenvalue weighted by Crippen LogP contribution is 2.35. The number of nitrogens with zero attached hydrogens (tertiary/aromatic N) is 11. The van der Waals surface area contributed by atoms with Crippen LogP contribution in [0.5, 0.6) is 0 Å². The monoisotopic (exact) mass is 1450 g/mol. The molecule has 0 aliphatic carbocycles. The molecule has 5 aliphatic rings. The number of nitrogens with two attached hydrogens (primary N) is 4. The Labute approximate surface area is 532 Å². The van der Waals surface area contributed by atoms with Crippen LogP contribution in [0.25, 0.3) is 22.3 Å². The number of anilines is 4. The summed E-state index contributed by atoms with van der Waals surface area (Å²) in [6.07, 6.45) is -11.3. The largest absolute Gasteiger partial charge is 0.394 e. The number of fused-ring (bicyclic) bond motifs is 2. The van der Waals surface area contributed by atoms with Crippen LogP contribution in [0.3, 0.4) is 0 Å². The SMILES string of the molecule is Nc1nc(N)c2ncn([C@@H]3O[C@H](CO)[C@@H](O)[C@H]3O)c2n1.Nc1nc(N)c2ncn([C@H]3C[C@H](O)[C@@H](CO)O3)c2n1.O=c1[nH]c(=O)n([C@@H]2O[C@H](CO)[C@@H](O)[C@H]2O)cc1Br.O=c1[nH]c(=O)n([C@@H]2O[C@H](CO)[C@@H](O)[C@H]2O)cc1Cl.O=c1[nH]c(=O)n([C@H]2C[C@H](O)[C@@H](CO)O2)cc1Br. The molecule has 0 unspecified atom stereocenters. The first-order valence-electron chi connectivity index (χ1n) is 26.9. The van der Waals surface area contributed by atoms with Crippen LogP contribution in [0.4, 0.5) is 23.5 Å². The van der Waals surface area contributed by atoms with E-state index in [1.165, 1.54) is 28.0 Å². The predicted molar refractivity (Wildman–Crippen MR) is 315 cm³/mol. The molecular weight excluding hydrogens is 1400 g/mol. The van der Waals surface area contributed by atoms with Gasteiger partial charge in [-0.25, -0.2) is 24.4 Å². The van der Waals surface area contributed by atoms with Gasteiger partial charge in [0.2, 0.25) is 11.9 Å². The highest BCUT2D eigenvalue weighted by atomic mass is 79.9. The predicted octanol–water partition coefficient (Wildman–Crippen LogP) is -9.11. The lowest BCUT2D eigenvalue weighted by Gasteiger charge is -2.17. The molecule has 42 nitrogen and oxygen atoms in total. The fourth-order valence-corrected chi connectivity index (χ4v) is 10.5. The highest BCUT2D eigenvalue weighted by molar-refractivity contribution is 9.10. The van der Waals surface area contributed by atoms with Crippen molar-refractivity contribution in [3.63, 3.8) is 0 Å². The minimum atomic E-state index is -1.41. The first-order chi connectivity index (χ1) is 43.5. The number of ether oxygens (including phenoxy) is 5. The average molecular weight is 1460 g/mol. The van der Waals surface area contributed by atoms with Gasteiger partial charge in [-0.15, -0.1) is 0 Å². The molecule has 45 heteroatoms. The Balaban J connectivity index is 0.000000148. The standard InChI is InChI=1S/C10H14N6O4.C10H14N6O3.C9H11BrN2O6.C9H11BrN2O5.C9H11ClN2O6/c11-7-4-8(15-10(12)14-7)16(2-13-4)9-6(19)5(18)3(1-17)20-9;11-8-7-9(15-10(12)14-8)16(3-13-7)6-1-4(18)5(2-17)19-6;10-3-1-12(9(17)11-7(3)16)8-6(15)5(14)4(2-13)18-8;10-4-2-12(9(16)11-8(4)15)7-1-5(14)6(3-13)17-7;10-3-1-12(9(17)11-7(3)16)8-6(15)5(14)4(2-13)18-8/h2-3,5-6,9,17-19H,1H2,(H4,11,12,14,15);3-6,17-18H,1-2H2,(H4,11,12,14,15);1,4-6,8,13-15H,2H2,(H,11,16,17);2,5-7,13-14H,1,3H2,(H,11,15,16);1,4-6,8,13-15H,2H2,(H,11,16,17)/t3-,5-,6-,9-;4-,5+,6+;4-,5-,6-,8-;5-,6+,7+;4-,5-,6-,8-/m10101/s1. The summed E-state index contributed by atoms with van der Waals surface area (Å²) in [6, 6.07) is 0. The number of hydrogen-bond acceptors (Lipinski definition) is 34. The van der Waals surface area contributed by atoms with Crippen molar-refractivity contribution in [1.82, 2.24) is 67.7 Å². The second kappa shape index (κ2) is 29.9. The maximum absolute atomic E-state index is 11.6. The van der Waals surface area contributed by atoms with Crippen molar-refractivity contribution in [1.29, 1.82) is 0 Å². The smallest absolute Gasteiger partial charge is 0.330 e. The van der Waals surface area contributed by atoms with Crippen molar-refractivity contribution >= 4 is 89.3 Å². The third-order valence-electron chi connectivity index (χ3n) is 14.5. The molecule has 7 aromatic heterocycles. The van der Waals surface area contributed by atoms with Gasteiger partial charge in [-0.2, -0.15) is 19.9 Å². The van der Waals surface area contributed by atoms with Crippen LogP contribution in [0, 0.1) is 0 Å². The third-order valence-corrected chi connectivity index (χ3v) is 15.9. The first kappa shape index (κ1) is 70.7. The molecule has 18 atom stereocenters. The number of aromatic amines is 3. The molecule has 12 rings (SSSR count). The third kappa shape index (κ3) is 14.9.